The van der Waals surface area contributed by atoms with Crippen LogP contribution in [0, 0.1) is 13.8 Å². The topological polar surface area (TPSA) is 42.3 Å². The Balaban J connectivity index is 1.27. The van der Waals surface area contributed by atoms with E-state index in [-0.39, 0.29) is 28.3 Å². The molecule has 0 unspecified atom stereocenters. The number of hydrogen-bond donors (Lipinski definition) is 0. The minimum Gasteiger partial charge on any atom is -0.308 e. The molecular formula is C48H30F6N2O2. The maximum Gasteiger partial charge on any atom is 0.416 e. The van der Waals surface area contributed by atoms with Crippen molar-refractivity contribution in [3.05, 3.63) is 179 Å². The fourth-order valence-electron chi connectivity index (χ4n) is 8.02. The van der Waals surface area contributed by atoms with E-state index in [2.05, 4.69) is 6.07 Å². The molecule has 9 rings (SSSR count). The largest absolute Gasteiger partial charge is 0.416 e. The van der Waals surface area contributed by atoms with Crippen LogP contribution in [-0.2, 0) is 12.4 Å². The first kappa shape index (κ1) is 36.7. The summed E-state index contributed by atoms with van der Waals surface area (Å²) in [5, 5.41) is 1.36. The minimum absolute atomic E-state index is 0.0952. The van der Waals surface area contributed by atoms with Gasteiger partial charge >= 0.3 is 12.4 Å². The number of carbonyl (C=O) groups is 2. The molecule has 286 valence electrons. The van der Waals surface area contributed by atoms with Crippen molar-refractivity contribution in [2.24, 2.45) is 0 Å². The number of alkyl halides is 6. The summed E-state index contributed by atoms with van der Waals surface area (Å²) >= 11 is 0. The van der Waals surface area contributed by atoms with Crippen LogP contribution in [-0.4, -0.2) is 16.4 Å². The number of aryl methyl sites for hydroxylation is 2. The maximum atomic E-state index is 14.5. The van der Waals surface area contributed by atoms with Crippen LogP contribution in [0.25, 0.3) is 60.9 Å². The van der Waals surface area contributed by atoms with Crippen molar-refractivity contribution >= 4 is 39.3 Å². The van der Waals surface area contributed by atoms with Crippen molar-refractivity contribution in [2.75, 3.05) is 4.90 Å². The number of halogens is 6. The third-order valence-electron chi connectivity index (χ3n) is 10.6. The Morgan fingerprint density at radius 2 is 0.966 bits per heavy atom. The summed E-state index contributed by atoms with van der Waals surface area (Å²) in [5.74, 6) is -1.11. The molecule has 1 aromatic heterocycles. The summed E-state index contributed by atoms with van der Waals surface area (Å²) < 4.78 is 85.6. The monoisotopic (exact) mass is 780 g/mol. The summed E-state index contributed by atoms with van der Waals surface area (Å²) in [6.07, 6.45) is -10.1. The normalized spacial score (nSPS) is 13.2. The van der Waals surface area contributed by atoms with Crippen molar-refractivity contribution in [1.82, 2.24) is 4.57 Å². The Morgan fingerprint density at radius 3 is 1.52 bits per heavy atom. The van der Waals surface area contributed by atoms with Gasteiger partial charge < -0.3 is 4.57 Å². The molecule has 2 heterocycles. The van der Waals surface area contributed by atoms with Gasteiger partial charge in [-0.2, -0.15) is 26.3 Å². The highest BCUT2D eigenvalue weighted by Gasteiger charge is 2.40. The minimum atomic E-state index is -5.04. The van der Waals surface area contributed by atoms with Crippen LogP contribution in [0.2, 0.25) is 0 Å². The van der Waals surface area contributed by atoms with E-state index < -0.39 is 35.3 Å². The third-order valence-corrected chi connectivity index (χ3v) is 10.6. The lowest BCUT2D eigenvalue weighted by molar-refractivity contribution is -0.143. The van der Waals surface area contributed by atoms with Crippen molar-refractivity contribution in [1.29, 1.82) is 0 Å². The van der Waals surface area contributed by atoms with Crippen molar-refractivity contribution < 1.29 is 35.9 Å². The summed E-state index contributed by atoms with van der Waals surface area (Å²) in [4.78, 5) is 29.8. The summed E-state index contributed by atoms with van der Waals surface area (Å²) in [6, 6.07) is 39.7. The molecule has 0 radical (unpaired) electrons. The van der Waals surface area contributed by atoms with Gasteiger partial charge in [0.1, 0.15) is 0 Å². The van der Waals surface area contributed by atoms with Gasteiger partial charge in [-0.25, -0.2) is 4.90 Å². The Kier molecular flexibility index (Phi) is 8.43. The smallest absolute Gasteiger partial charge is 0.308 e. The zero-order valence-electron chi connectivity index (χ0n) is 30.8. The molecule has 0 N–H and O–H groups in total. The van der Waals surface area contributed by atoms with E-state index in [0.717, 1.165) is 43.7 Å². The van der Waals surface area contributed by atoms with Gasteiger partial charge in [0.05, 0.1) is 44.7 Å². The van der Waals surface area contributed by atoms with Gasteiger partial charge in [-0.05, 0) is 102 Å². The van der Waals surface area contributed by atoms with Gasteiger partial charge in [0.25, 0.3) is 11.8 Å². The van der Waals surface area contributed by atoms with Crippen LogP contribution in [0.15, 0.2) is 146 Å². The summed E-state index contributed by atoms with van der Waals surface area (Å²) in [5.41, 5.74) is 4.63. The summed E-state index contributed by atoms with van der Waals surface area (Å²) in [7, 11) is 0. The molecule has 8 aromatic rings. The van der Waals surface area contributed by atoms with Crippen LogP contribution in [0.4, 0.5) is 32.0 Å². The highest BCUT2D eigenvalue weighted by atomic mass is 19.4. The number of nitrogens with zero attached hydrogens (tertiary/aromatic N) is 2. The Morgan fingerprint density at radius 1 is 0.448 bits per heavy atom. The molecule has 58 heavy (non-hydrogen) atoms. The molecule has 0 bridgehead atoms. The van der Waals surface area contributed by atoms with E-state index in [4.69, 9.17) is 0 Å². The van der Waals surface area contributed by atoms with Gasteiger partial charge in [0.15, 0.2) is 0 Å². The Labute approximate surface area is 328 Å². The second kappa shape index (κ2) is 13.3. The van der Waals surface area contributed by atoms with E-state index in [1.807, 2.05) is 86.6 Å². The van der Waals surface area contributed by atoms with Crippen LogP contribution < -0.4 is 4.90 Å². The zero-order valence-corrected chi connectivity index (χ0v) is 30.8. The predicted octanol–water partition coefficient (Wildman–Crippen LogP) is 13.2. The lowest BCUT2D eigenvalue weighted by Crippen LogP contribution is -2.29. The second-order valence-corrected chi connectivity index (χ2v) is 14.5. The Hall–Kier alpha value is -6.94. The number of imide groups is 1. The first-order valence-corrected chi connectivity index (χ1v) is 18.3. The molecule has 7 aromatic carbocycles. The van der Waals surface area contributed by atoms with E-state index in [9.17, 15) is 35.9 Å². The third kappa shape index (κ3) is 6.21. The zero-order chi connectivity index (χ0) is 40.7. The fourth-order valence-corrected chi connectivity index (χ4v) is 8.02. The van der Waals surface area contributed by atoms with Crippen molar-refractivity contribution in [2.45, 2.75) is 26.2 Å². The molecule has 0 saturated heterocycles. The van der Waals surface area contributed by atoms with Crippen LogP contribution in [0.5, 0.6) is 0 Å². The fraction of sp³-hybridized carbons (Fsp3) is 0.0833. The van der Waals surface area contributed by atoms with Crippen LogP contribution in [0.1, 0.15) is 43.0 Å². The van der Waals surface area contributed by atoms with Crippen molar-refractivity contribution in [3.8, 4) is 39.1 Å². The van der Waals surface area contributed by atoms with Gasteiger partial charge in [0.2, 0.25) is 0 Å². The number of anilines is 1. The van der Waals surface area contributed by atoms with Gasteiger partial charge in [-0.15, -0.1) is 0 Å². The Bertz CT molecular complexity index is 2930. The number of fused-ring (bicyclic) bond motifs is 4. The molecule has 0 aliphatic carbocycles. The second-order valence-electron chi connectivity index (χ2n) is 14.5. The van der Waals surface area contributed by atoms with E-state index in [1.165, 1.54) is 12.1 Å². The van der Waals surface area contributed by atoms with E-state index in [1.54, 1.807) is 41.0 Å². The molecule has 0 saturated carbocycles. The number of rotatable bonds is 5. The SMILES string of the molecule is Cc1cc(C)cc(-c2ccc3c4ccc(-c5cc(C(F)(F)F)cc(C(F)(F)F)c5)cc4n(-c4cccc5c4C(=O)N(c4ccc(-c6ccccc6)cc4)C5=O)c3c2)c1. The molecule has 4 nitrogen and oxygen atoms in total. The lowest BCUT2D eigenvalue weighted by atomic mass is 9.97. The van der Waals surface area contributed by atoms with Crippen LogP contribution >= 0.6 is 0 Å². The molecule has 0 atom stereocenters. The average Bonchev–Trinajstić information content (AvgIpc) is 3.66. The van der Waals surface area contributed by atoms with E-state index >= 15 is 0 Å². The quantitative estimate of drug-likeness (QED) is 0.129. The standard InChI is InChI=1S/C48H30F6N2O2/c1-27-19-28(2)21-33(20-27)31-13-17-38-39-18-14-32(34-22-35(47(49,50)51)26-36(23-34)48(52,53)54)25-43(39)56(42(38)24-31)41-10-6-9-40-44(41)46(58)55(45(40)57)37-15-11-30(12-16-37)29-7-4-3-5-8-29/h3-26H,1-2H3. The number of amides is 2. The lowest BCUT2D eigenvalue weighted by Gasteiger charge is -2.16. The van der Waals surface area contributed by atoms with Crippen molar-refractivity contribution in [3.63, 3.8) is 0 Å². The highest BCUT2D eigenvalue weighted by molar-refractivity contribution is 6.35. The summed E-state index contributed by atoms with van der Waals surface area (Å²) in [6.45, 7) is 3.98. The van der Waals surface area contributed by atoms with Gasteiger partial charge in [-0.3, -0.25) is 9.59 Å². The average molecular weight is 781 g/mol. The molecular weight excluding hydrogens is 751 g/mol. The molecule has 0 spiro atoms. The highest BCUT2D eigenvalue weighted by Crippen LogP contribution is 2.43. The predicted molar refractivity (Wildman–Crippen MR) is 214 cm³/mol. The molecule has 1 aliphatic rings. The number of carbonyl (C=O) groups excluding carboxylic acids is 2. The first-order valence-electron chi connectivity index (χ1n) is 18.3. The molecule has 1 aliphatic heterocycles. The molecule has 0 fully saturated rings. The molecule has 10 heteroatoms. The number of hydrogen-bond acceptors (Lipinski definition) is 2. The molecule has 2 amide bonds. The van der Waals surface area contributed by atoms with Gasteiger partial charge in [0, 0.05) is 10.8 Å². The first-order chi connectivity index (χ1) is 27.7. The van der Waals surface area contributed by atoms with E-state index in [0.29, 0.717) is 39.9 Å². The van der Waals surface area contributed by atoms with Gasteiger partial charge in [-0.1, -0.05) is 102 Å². The van der Waals surface area contributed by atoms with Crippen LogP contribution in [0.3, 0.4) is 0 Å². The number of benzene rings is 7. The number of aromatic nitrogens is 1. The maximum absolute atomic E-state index is 14.5.